The lowest BCUT2D eigenvalue weighted by molar-refractivity contribution is 0.0777. The number of benzene rings is 1. The smallest absolute Gasteiger partial charge is 0.257 e. The molecule has 0 bridgehead atoms. The minimum absolute atomic E-state index is 0.165. The van der Waals surface area contributed by atoms with Gasteiger partial charge in [0.05, 0.1) is 19.8 Å². The summed E-state index contributed by atoms with van der Waals surface area (Å²) in [6.45, 7) is 2.40. The normalized spacial score (nSPS) is 17.0. The van der Waals surface area contributed by atoms with E-state index in [2.05, 4.69) is 15.0 Å². The molecule has 2 aromatic rings. The van der Waals surface area contributed by atoms with Crippen LogP contribution in [-0.2, 0) is 6.54 Å². The van der Waals surface area contributed by atoms with Gasteiger partial charge in [-0.25, -0.2) is 0 Å². The molecule has 1 aromatic carbocycles. The van der Waals surface area contributed by atoms with Crippen LogP contribution in [0, 0.1) is 0 Å². The molecule has 6 nitrogen and oxygen atoms in total. The number of hydrogen-bond acceptors (Lipinski definition) is 6. The molecule has 0 unspecified atom stereocenters. The molecule has 0 saturated carbocycles. The summed E-state index contributed by atoms with van der Waals surface area (Å²) in [5.74, 6) is 1.99. The first kappa shape index (κ1) is 14.0. The van der Waals surface area contributed by atoms with Gasteiger partial charge in [0.15, 0.2) is 5.82 Å². The third-order valence-corrected chi connectivity index (χ3v) is 3.73. The Morgan fingerprint density at radius 3 is 2.67 bits per heavy atom. The van der Waals surface area contributed by atoms with Crippen molar-refractivity contribution in [3.05, 3.63) is 30.1 Å². The van der Waals surface area contributed by atoms with Gasteiger partial charge < -0.3 is 14.4 Å². The van der Waals surface area contributed by atoms with Crippen molar-refractivity contribution in [3.63, 3.8) is 0 Å². The first-order valence-electron chi connectivity index (χ1n) is 7.12. The second-order valence-electron chi connectivity index (χ2n) is 5.25. The molecule has 0 amide bonds. The lowest BCUT2D eigenvalue weighted by Gasteiger charge is -2.28. The number of aromatic nitrogens is 2. The quantitative estimate of drug-likeness (QED) is 0.923. The van der Waals surface area contributed by atoms with E-state index in [-0.39, 0.29) is 6.10 Å². The molecule has 3 rings (SSSR count). The van der Waals surface area contributed by atoms with Gasteiger partial charge in [-0.1, -0.05) is 5.16 Å². The molecule has 1 saturated heterocycles. The first-order valence-corrected chi connectivity index (χ1v) is 7.12. The molecule has 1 fully saturated rings. The average molecular weight is 289 g/mol. The number of methoxy groups -OCH3 is 1. The second kappa shape index (κ2) is 6.24. The molecule has 1 aliphatic rings. The van der Waals surface area contributed by atoms with E-state index in [0.717, 1.165) is 37.2 Å². The van der Waals surface area contributed by atoms with E-state index in [4.69, 9.17) is 9.26 Å². The maximum absolute atomic E-state index is 9.50. The number of piperidine rings is 1. The zero-order valence-electron chi connectivity index (χ0n) is 12.0. The Morgan fingerprint density at radius 2 is 2.00 bits per heavy atom. The van der Waals surface area contributed by atoms with Crippen LogP contribution in [0.3, 0.4) is 0 Å². The van der Waals surface area contributed by atoms with E-state index >= 15 is 0 Å². The molecule has 0 aliphatic carbocycles. The monoisotopic (exact) mass is 289 g/mol. The fourth-order valence-corrected chi connectivity index (χ4v) is 2.45. The predicted molar refractivity (Wildman–Crippen MR) is 76.8 cm³/mol. The predicted octanol–water partition coefficient (Wildman–Crippen LogP) is 1.70. The minimum Gasteiger partial charge on any atom is -0.497 e. The highest BCUT2D eigenvalue weighted by Gasteiger charge is 2.19. The van der Waals surface area contributed by atoms with Crippen molar-refractivity contribution in [2.45, 2.75) is 25.5 Å². The van der Waals surface area contributed by atoms with Gasteiger partial charge in [0.1, 0.15) is 5.75 Å². The van der Waals surface area contributed by atoms with Crippen molar-refractivity contribution in [3.8, 4) is 17.2 Å². The van der Waals surface area contributed by atoms with E-state index in [1.54, 1.807) is 7.11 Å². The van der Waals surface area contributed by atoms with E-state index in [0.29, 0.717) is 18.3 Å². The fraction of sp³-hybridized carbons (Fsp3) is 0.467. The summed E-state index contributed by atoms with van der Waals surface area (Å²) in [4.78, 5) is 6.66. The maximum Gasteiger partial charge on any atom is 0.257 e. The second-order valence-corrected chi connectivity index (χ2v) is 5.25. The van der Waals surface area contributed by atoms with Crippen LogP contribution in [0.15, 0.2) is 28.8 Å². The third-order valence-electron chi connectivity index (χ3n) is 3.73. The molecule has 0 atom stereocenters. The van der Waals surface area contributed by atoms with Crippen LogP contribution < -0.4 is 4.74 Å². The van der Waals surface area contributed by atoms with E-state index in [1.807, 2.05) is 24.3 Å². The molecule has 112 valence electrons. The summed E-state index contributed by atoms with van der Waals surface area (Å²) >= 11 is 0. The van der Waals surface area contributed by atoms with Crippen LogP contribution in [0.2, 0.25) is 0 Å². The van der Waals surface area contributed by atoms with Crippen LogP contribution in [0.25, 0.3) is 11.5 Å². The summed E-state index contributed by atoms with van der Waals surface area (Å²) in [6.07, 6.45) is 1.45. The Kier molecular flexibility index (Phi) is 4.17. The van der Waals surface area contributed by atoms with Crippen LogP contribution >= 0.6 is 0 Å². The number of nitrogens with zero attached hydrogens (tertiary/aromatic N) is 3. The Labute approximate surface area is 123 Å². The summed E-state index contributed by atoms with van der Waals surface area (Å²) < 4.78 is 10.4. The van der Waals surface area contributed by atoms with Crippen molar-refractivity contribution in [1.82, 2.24) is 15.0 Å². The molecule has 0 spiro atoms. The highest BCUT2D eigenvalue weighted by Crippen LogP contribution is 2.21. The van der Waals surface area contributed by atoms with Gasteiger partial charge in [-0.05, 0) is 37.1 Å². The largest absolute Gasteiger partial charge is 0.497 e. The first-order chi connectivity index (χ1) is 10.2. The summed E-state index contributed by atoms with van der Waals surface area (Å²) in [6, 6.07) is 7.53. The standard InChI is InChI=1S/C15H19N3O3/c1-20-13-4-2-11(3-5-13)15-16-14(17-21-15)10-18-8-6-12(19)7-9-18/h2-5,12,19H,6-10H2,1H3. The van der Waals surface area contributed by atoms with E-state index in [9.17, 15) is 5.11 Å². The molecule has 1 aromatic heterocycles. The topological polar surface area (TPSA) is 71.6 Å². The van der Waals surface area contributed by atoms with Crippen molar-refractivity contribution in [2.24, 2.45) is 0 Å². The molecule has 1 aliphatic heterocycles. The molecular formula is C15H19N3O3. The Hall–Kier alpha value is -1.92. The number of hydrogen-bond donors (Lipinski definition) is 1. The molecule has 1 N–H and O–H groups in total. The molecular weight excluding hydrogens is 270 g/mol. The van der Waals surface area contributed by atoms with Crippen LogP contribution in [0.1, 0.15) is 18.7 Å². The SMILES string of the molecule is COc1ccc(-c2nc(CN3CCC(O)CC3)no2)cc1. The van der Waals surface area contributed by atoms with Gasteiger partial charge in [0, 0.05) is 18.7 Å². The fourth-order valence-electron chi connectivity index (χ4n) is 2.45. The average Bonchev–Trinajstić information content (AvgIpc) is 2.98. The van der Waals surface area contributed by atoms with Crippen molar-refractivity contribution < 1.29 is 14.4 Å². The van der Waals surface area contributed by atoms with Crippen LogP contribution in [0.5, 0.6) is 5.75 Å². The Bertz CT molecular complexity index is 574. The van der Waals surface area contributed by atoms with Gasteiger partial charge in [-0.3, -0.25) is 4.90 Å². The number of likely N-dealkylation sites (tertiary alicyclic amines) is 1. The van der Waals surface area contributed by atoms with Gasteiger partial charge in [0.25, 0.3) is 5.89 Å². The lowest BCUT2D eigenvalue weighted by atomic mass is 10.1. The summed E-state index contributed by atoms with van der Waals surface area (Å²) in [5.41, 5.74) is 0.878. The molecule has 2 heterocycles. The zero-order valence-corrected chi connectivity index (χ0v) is 12.0. The number of aliphatic hydroxyl groups is 1. The Morgan fingerprint density at radius 1 is 1.29 bits per heavy atom. The third kappa shape index (κ3) is 3.40. The maximum atomic E-state index is 9.50. The van der Waals surface area contributed by atoms with E-state index < -0.39 is 0 Å². The van der Waals surface area contributed by atoms with Gasteiger partial charge in [-0.2, -0.15) is 4.98 Å². The molecule has 0 radical (unpaired) electrons. The van der Waals surface area contributed by atoms with E-state index in [1.165, 1.54) is 0 Å². The van der Waals surface area contributed by atoms with Crippen molar-refractivity contribution in [2.75, 3.05) is 20.2 Å². The molecule has 6 heteroatoms. The van der Waals surface area contributed by atoms with Crippen molar-refractivity contribution in [1.29, 1.82) is 0 Å². The van der Waals surface area contributed by atoms with Crippen LogP contribution in [-0.4, -0.2) is 46.5 Å². The lowest BCUT2D eigenvalue weighted by Crippen LogP contribution is -2.35. The van der Waals surface area contributed by atoms with Gasteiger partial charge in [0.2, 0.25) is 0 Å². The summed E-state index contributed by atoms with van der Waals surface area (Å²) in [7, 11) is 1.63. The highest BCUT2D eigenvalue weighted by molar-refractivity contribution is 5.54. The minimum atomic E-state index is -0.165. The number of aliphatic hydroxyl groups excluding tert-OH is 1. The zero-order chi connectivity index (χ0) is 14.7. The number of rotatable bonds is 4. The van der Waals surface area contributed by atoms with Gasteiger partial charge >= 0.3 is 0 Å². The molecule has 21 heavy (non-hydrogen) atoms. The Balaban J connectivity index is 1.65. The van der Waals surface area contributed by atoms with Crippen LogP contribution in [0.4, 0.5) is 0 Å². The van der Waals surface area contributed by atoms with Gasteiger partial charge in [-0.15, -0.1) is 0 Å². The van der Waals surface area contributed by atoms with Crippen molar-refractivity contribution >= 4 is 0 Å². The number of ether oxygens (including phenoxy) is 1. The highest BCUT2D eigenvalue weighted by atomic mass is 16.5. The summed E-state index contributed by atoms with van der Waals surface area (Å²) in [5, 5.41) is 13.5.